The highest BCUT2D eigenvalue weighted by Crippen LogP contribution is 2.25. The molecule has 1 fully saturated rings. The maximum Gasteiger partial charge on any atom is 0.355 e. The minimum absolute atomic E-state index is 0.0733. The number of thioether (sulfide) groups is 1. The maximum atomic E-state index is 12.3. The average molecular weight is 464 g/mol. The van der Waals surface area contributed by atoms with Gasteiger partial charge < -0.3 is 20.1 Å². The van der Waals surface area contributed by atoms with Gasteiger partial charge in [0.2, 0.25) is 5.91 Å². The summed E-state index contributed by atoms with van der Waals surface area (Å²) in [6.07, 6.45) is 4.85. The lowest BCUT2D eigenvalue weighted by atomic mass is 10.2. The van der Waals surface area contributed by atoms with E-state index in [0.717, 1.165) is 35.2 Å². The molecule has 9 heteroatoms. The molecule has 0 radical (unpaired) electrons. The second-order valence-corrected chi connectivity index (χ2v) is 9.59. The molecule has 2 heterocycles. The number of carboxylic acid groups (broad SMARTS) is 1. The number of amides is 1. The summed E-state index contributed by atoms with van der Waals surface area (Å²) < 4.78 is 6.47. The van der Waals surface area contributed by atoms with Gasteiger partial charge in [-0.05, 0) is 37.1 Å². The lowest BCUT2D eigenvalue weighted by molar-refractivity contribution is -0.128. The van der Waals surface area contributed by atoms with E-state index in [1.54, 1.807) is 5.38 Å². The minimum Gasteiger partial charge on any atom is -0.494 e. The van der Waals surface area contributed by atoms with Crippen molar-refractivity contribution in [2.75, 3.05) is 30.8 Å². The predicted octanol–water partition coefficient (Wildman–Crippen LogP) is 4.61. The lowest BCUT2D eigenvalue weighted by Crippen LogP contribution is -2.39. The topological polar surface area (TPSA) is 91.8 Å². The molecule has 1 atom stereocenters. The molecule has 0 saturated carbocycles. The van der Waals surface area contributed by atoms with Gasteiger partial charge in [-0.3, -0.25) is 4.79 Å². The number of hydrogen-bond donors (Lipinski definition) is 2. The van der Waals surface area contributed by atoms with Gasteiger partial charge in [-0.1, -0.05) is 31.5 Å². The number of benzene rings is 1. The van der Waals surface area contributed by atoms with Crippen LogP contribution in [0.3, 0.4) is 0 Å². The van der Waals surface area contributed by atoms with Gasteiger partial charge in [-0.15, -0.1) is 11.3 Å². The molecule has 7 nitrogen and oxygen atoms in total. The Morgan fingerprint density at radius 2 is 2.16 bits per heavy atom. The zero-order valence-corrected chi connectivity index (χ0v) is 19.3. The van der Waals surface area contributed by atoms with E-state index in [9.17, 15) is 9.59 Å². The fourth-order valence-corrected chi connectivity index (χ4v) is 5.22. The highest BCUT2D eigenvalue weighted by atomic mass is 32.2. The van der Waals surface area contributed by atoms with Crippen molar-refractivity contribution in [3.8, 4) is 5.75 Å². The smallest absolute Gasteiger partial charge is 0.355 e. The van der Waals surface area contributed by atoms with Crippen LogP contribution < -0.4 is 10.1 Å². The summed E-state index contributed by atoms with van der Waals surface area (Å²) in [7, 11) is 0. The van der Waals surface area contributed by atoms with Crippen LogP contribution in [0.5, 0.6) is 5.75 Å². The number of rotatable bonds is 13. The fourth-order valence-electron chi connectivity index (χ4n) is 3.41. The van der Waals surface area contributed by atoms with Gasteiger partial charge >= 0.3 is 5.97 Å². The molecule has 31 heavy (non-hydrogen) atoms. The molecule has 0 bridgehead atoms. The summed E-state index contributed by atoms with van der Waals surface area (Å²) in [5, 5.41) is 13.9. The largest absolute Gasteiger partial charge is 0.494 e. The van der Waals surface area contributed by atoms with Crippen molar-refractivity contribution in [2.24, 2.45) is 0 Å². The van der Waals surface area contributed by atoms with Gasteiger partial charge in [0.15, 0.2) is 10.0 Å². The van der Waals surface area contributed by atoms with Crippen LogP contribution in [0, 0.1) is 0 Å². The number of aromatic carboxylic acids is 1. The summed E-state index contributed by atoms with van der Waals surface area (Å²) in [5.41, 5.74) is 1.09. The average Bonchev–Trinajstić information content (AvgIpc) is 3.38. The highest BCUT2D eigenvalue weighted by Gasteiger charge is 2.30. The second-order valence-electron chi connectivity index (χ2n) is 7.39. The standard InChI is InChI=1S/C22H29N3O4S2/c1-2-3-4-12-29-18-8-5-16(6-9-18)23-14-17-7-10-20(26)25(17)11-13-30-22-24-19(15-31-22)21(27)28/h5-6,8-9,15,17,23H,2-4,7,10-14H2,1H3,(H,27,28). The number of nitrogens with zero attached hydrogens (tertiary/aromatic N) is 2. The van der Waals surface area contributed by atoms with Crippen molar-refractivity contribution in [2.45, 2.75) is 49.4 Å². The second kappa shape index (κ2) is 12.0. The Balaban J connectivity index is 1.42. The first-order chi connectivity index (χ1) is 15.1. The Labute approximate surface area is 191 Å². The van der Waals surface area contributed by atoms with E-state index in [1.165, 1.54) is 35.9 Å². The summed E-state index contributed by atoms with van der Waals surface area (Å²) in [6.45, 7) is 4.25. The number of carbonyl (C=O) groups excluding carboxylic acids is 1. The summed E-state index contributed by atoms with van der Waals surface area (Å²) >= 11 is 2.81. The summed E-state index contributed by atoms with van der Waals surface area (Å²) in [4.78, 5) is 29.2. The molecule has 0 spiro atoms. The Morgan fingerprint density at radius 3 is 2.87 bits per heavy atom. The molecular formula is C22H29N3O4S2. The van der Waals surface area contributed by atoms with E-state index in [0.29, 0.717) is 25.3 Å². The van der Waals surface area contributed by atoms with E-state index in [1.807, 2.05) is 29.2 Å². The molecule has 3 rings (SSSR count). The SMILES string of the molecule is CCCCCOc1ccc(NCC2CCC(=O)N2CCSc2nc(C(=O)O)cs2)cc1. The summed E-state index contributed by atoms with van der Waals surface area (Å²) in [5.74, 6) is 0.733. The van der Waals surface area contributed by atoms with Gasteiger partial charge in [-0.2, -0.15) is 0 Å². The fraction of sp³-hybridized carbons (Fsp3) is 0.500. The van der Waals surface area contributed by atoms with Crippen molar-refractivity contribution in [3.63, 3.8) is 0 Å². The number of anilines is 1. The molecule has 1 unspecified atom stereocenters. The number of aromatic nitrogens is 1. The number of unbranched alkanes of at least 4 members (excludes halogenated alkanes) is 2. The first-order valence-corrected chi connectivity index (χ1v) is 12.5. The molecule has 1 saturated heterocycles. The maximum absolute atomic E-state index is 12.3. The van der Waals surface area contributed by atoms with Crippen molar-refractivity contribution < 1.29 is 19.4 Å². The molecule has 1 aliphatic heterocycles. The molecule has 2 N–H and O–H groups in total. The lowest BCUT2D eigenvalue weighted by Gasteiger charge is -2.25. The van der Waals surface area contributed by atoms with Crippen LogP contribution in [0.25, 0.3) is 0 Å². The molecule has 1 aromatic carbocycles. The zero-order chi connectivity index (χ0) is 22.1. The highest BCUT2D eigenvalue weighted by molar-refractivity contribution is 8.01. The van der Waals surface area contributed by atoms with Crippen molar-refractivity contribution in [1.29, 1.82) is 0 Å². The van der Waals surface area contributed by atoms with Crippen LogP contribution in [0.15, 0.2) is 34.0 Å². The Morgan fingerprint density at radius 1 is 1.35 bits per heavy atom. The van der Waals surface area contributed by atoms with Gasteiger partial charge in [0.25, 0.3) is 0 Å². The third-order valence-corrected chi connectivity index (χ3v) is 7.13. The Kier molecular flexibility index (Phi) is 9.02. The van der Waals surface area contributed by atoms with E-state index in [-0.39, 0.29) is 17.6 Å². The zero-order valence-electron chi connectivity index (χ0n) is 17.7. The van der Waals surface area contributed by atoms with Crippen LogP contribution in [-0.2, 0) is 4.79 Å². The molecule has 1 aliphatic rings. The van der Waals surface area contributed by atoms with E-state index < -0.39 is 5.97 Å². The minimum atomic E-state index is -1.01. The normalized spacial score (nSPS) is 16.0. The third kappa shape index (κ3) is 7.14. The Hall–Kier alpha value is -2.26. The number of thiazole rings is 1. The van der Waals surface area contributed by atoms with Crippen molar-refractivity contribution in [1.82, 2.24) is 9.88 Å². The number of hydrogen-bond acceptors (Lipinski definition) is 7. The quantitative estimate of drug-likeness (QED) is 0.331. The first-order valence-electron chi connectivity index (χ1n) is 10.6. The third-order valence-electron chi connectivity index (χ3n) is 5.13. The molecule has 1 aromatic heterocycles. The van der Waals surface area contributed by atoms with Crippen LogP contribution >= 0.6 is 23.1 Å². The molecule has 1 amide bonds. The molecule has 0 aliphatic carbocycles. The van der Waals surface area contributed by atoms with Gasteiger partial charge in [-0.25, -0.2) is 9.78 Å². The molecule has 168 valence electrons. The summed E-state index contributed by atoms with van der Waals surface area (Å²) in [6, 6.07) is 8.12. The van der Waals surface area contributed by atoms with E-state index >= 15 is 0 Å². The number of nitrogens with one attached hydrogen (secondary N) is 1. The van der Waals surface area contributed by atoms with Crippen LogP contribution in [0.2, 0.25) is 0 Å². The van der Waals surface area contributed by atoms with Crippen LogP contribution in [0.4, 0.5) is 5.69 Å². The van der Waals surface area contributed by atoms with Gasteiger partial charge in [0, 0.05) is 42.4 Å². The molecule has 2 aromatic rings. The van der Waals surface area contributed by atoms with Crippen LogP contribution in [-0.4, -0.2) is 58.4 Å². The van der Waals surface area contributed by atoms with Gasteiger partial charge in [0.05, 0.1) is 6.61 Å². The first kappa shape index (κ1) is 23.4. The molecular weight excluding hydrogens is 434 g/mol. The van der Waals surface area contributed by atoms with Gasteiger partial charge in [0.1, 0.15) is 5.75 Å². The Bertz CT molecular complexity index is 857. The van der Waals surface area contributed by atoms with Crippen molar-refractivity contribution in [3.05, 3.63) is 35.3 Å². The number of likely N-dealkylation sites (tertiary alicyclic amines) is 1. The van der Waals surface area contributed by atoms with E-state index in [2.05, 4.69) is 17.2 Å². The van der Waals surface area contributed by atoms with Crippen LogP contribution in [0.1, 0.15) is 49.5 Å². The monoisotopic (exact) mass is 463 g/mol. The van der Waals surface area contributed by atoms with E-state index in [4.69, 9.17) is 9.84 Å². The number of carbonyl (C=O) groups is 2. The van der Waals surface area contributed by atoms with Crippen molar-refractivity contribution >= 4 is 40.7 Å². The number of ether oxygens (including phenoxy) is 1. The predicted molar refractivity (Wildman–Crippen MR) is 124 cm³/mol. The number of carboxylic acids is 1.